The average Bonchev–Trinajstić information content (AvgIpc) is 3.18. The summed E-state index contributed by atoms with van der Waals surface area (Å²) in [6, 6.07) is 3.73. The van der Waals surface area contributed by atoms with E-state index in [2.05, 4.69) is 6.92 Å². The SMILES string of the molecule is C[C@@]12CC[C@H](O)C[C@@H]1CC[C@H]1[C@H]3CC/C(=C\c4ccco4)C(=O)[C@@H]3C[C@@H](O)[C@@H]12. The molecule has 0 radical (unpaired) electrons. The van der Waals surface area contributed by atoms with Crippen molar-refractivity contribution in [3.8, 4) is 0 Å². The lowest BCUT2D eigenvalue weighted by Gasteiger charge is -2.61. The van der Waals surface area contributed by atoms with Gasteiger partial charge in [-0.3, -0.25) is 4.79 Å². The summed E-state index contributed by atoms with van der Waals surface area (Å²) in [5.74, 6) is 2.57. The Morgan fingerprint density at radius 1 is 1.14 bits per heavy atom. The maximum Gasteiger partial charge on any atom is 0.162 e. The van der Waals surface area contributed by atoms with Gasteiger partial charge in [-0.1, -0.05) is 6.92 Å². The molecule has 0 amide bonds. The Kier molecular flexibility index (Phi) is 4.55. The van der Waals surface area contributed by atoms with Crippen LogP contribution in [-0.4, -0.2) is 28.2 Å². The number of hydrogen-bond acceptors (Lipinski definition) is 4. The number of aliphatic hydroxyl groups is 2. The summed E-state index contributed by atoms with van der Waals surface area (Å²) in [6.45, 7) is 2.36. The lowest BCUT2D eigenvalue weighted by Crippen LogP contribution is -2.58. The zero-order valence-electron chi connectivity index (χ0n) is 16.7. The molecule has 1 heterocycles. The van der Waals surface area contributed by atoms with E-state index in [0.717, 1.165) is 56.3 Å². The minimum absolute atomic E-state index is 0.0412. The number of hydrogen-bond donors (Lipinski definition) is 2. The number of carbonyl (C=O) groups is 1. The number of fused-ring (bicyclic) bond motifs is 5. The molecule has 0 aromatic carbocycles. The first-order chi connectivity index (χ1) is 13.5. The summed E-state index contributed by atoms with van der Waals surface area (Å²) >= 11 is 0. The van der Waals surface area contributed by atoms with Crippen molar-refractivity contribution in [2.75, 3.05) is 0 Å². The van der Waals surface area contributed by atoms with Crippen molar-refractivity contribution in [2.45, 2.75) is 70.5 Å². The van der Waals surface area contributed by atoms with Crippen LogP contribution >= 0.6 is 0 Å². The molecule has 4 aliphatic rings. The van der Waals surface area contributed by atoms with Crippen molar-refractivity contribution in [2.24, 2.45) is 35.0 Å². The van der Waals surface area contributed by atoms with Crippen LogP contribution in [0.5, 0.6) is 0 Å². The number of Topliss-reactive ketones (excluding diaryl/α,β-unsaturated/α-hetero) is 1. The molecule has 4 heteroatoms. The standard InChI is InChI=1S/C24H32O4/c1-24-9-8-16(25)12-15(24)5-7-19-18-6-4-14(11-17-3-2-10-28-17)23(27)20(18)13-21(26)22(19)24/h2-3,10-11,15-16,18-22,25-26H,4-9,12-13H2,1H3/b14-11+/t15-,16-,18+,19-,20+,21+,22+,24+/m0/s1. The Morgan fingerprint density at radius 2 is 2.00 bits per heavy atom. The van der Waals surface area contributed by atoms with E-state index in [-0.39, 0.29) is 29.1 Å². The lowest BCUT2D eigenvalue weighted by molar-refractivity contribution is -0.168. The second-order valence-corrected chi connectivity index (χ2v) is 10.1. The number of carbonyl (C=O) groups excluding carboxylic acids is 1. The van der Waals surface area contributed by atoms with E-state index < -0.39 is 6.10 Å². The molecule has 4 nitrogen and oxygen atoms in total. The molecule has 1 aromatic heterocycles. The van der Waals surface area contributed by atoms with Gasteiger partial charge in [-0.05, 0) is 104 Å². The van der Waals surface area contributed by atoms with Crippen LogP contribution in [0.1, 0.15) is 64.1 Å². The van der Waals surface area contributed by atoms with E-state index in [4.69, 9.17) is 4.42 Å². The molecule has 152 valence electrons. The first-order valence-electron chi connectivity index (χ1n) is 11.1. The third-order valence-electron chi connectivity index (χ3n) is 8.81. The normalized spacial score (nSPS) is 47.3. The molecule has 0 aliphatic heterocycles. The molecule has 8 atom stereocenters. The highest BCUT2D eigenvalue weighted by Gasteiger charge is 2.59. The topological polar surface area (TPSA) is 70.7 Å². The van der Waals surface area contributed by atoms with E-state index in [9.17, 15) is 15.0 Å². The van der Waals surface area contributed by atoms with Crippen molar-refractivity contribution >= 4 is 11.9 Å². The monoisotopic (exact) mass is 384 g/mol. The van der Waals surface area contributed by atoms with Crippen molar-refractivity contribution in [3.05, 3.63) is 29.7 Å². The average molecular weight is 385 g/mol. The van der Waals surface area contributed by atoms with Crippen LogP contribution in [0.25, 0.3) is 6.08 Å². The van der Waals surface area contributed by atoms with Crippen molar-refractivity contribution in [1.29, 1.82) is 0 Å². The van der Waals surface area contributed by atoms with Crippen LogP contribution in [-0.2, 0) is 4.79 Å². The molecule has 5 rings (SSSR count). The van der Waals surface area contributed by atoms with Gasteiger partial charge in [0, 0.05) is 5.92 Å². The first-order valence-corrected chi connectivity index (χ1v) is 11.1. The molecule has 28 heavy (non-hydrogen) atoms. The van der Waals surface area contributed by atoms with Gasteiger partial charge in [0.05, 0.1) is 18.5 Å². The number of ketones is 1. The van der Waals surface area contributed by atoms with Crippen molar-refractivity contribution in [3.63, 3.8) is 0 Å². The van der Waals surface area contributed by atoms with Gasteiger partial charge < -0.3 is 14.6 Å². The number of rotatable bonds is 1. The van der Waals surface area contributed by atoms with Crippen LogP contribution in [0.15, 0.2) is 28.4 Å². The summed E-state index contributed by atoms with van der Waals surface area (Å²) in [4.78, 5) is 13.3. The van der Waals surface area contributed by atoms with Crippen LogP contribution in [0.2, 0.25) is 0 Å². The highest BCUT2D eigenvalue weighted by atomic mass is 16.3. The van der Waals surface area contributed by atoms with Crippen LogP contribution in [0.3, 0.4) is 0 Å². The molecule has 0 unspecified atom stereocenters. The fourth-order valence-corrected chi connectivity index (χ4v) is 7.52. The Labute approximate surface area is 167 Å². The maximum absolute atomic E-state index is 13.3. The quantitative estimate of drug-likeness (QED) is 0.712. The van der Waals surface area contributed by atoms with E-state index in [1.165, 1.54) is 0 Å². The summed E-state index contributed by atoms with van der Waals surface area (Å²) in [5.41, 5.74) is 0.974. The number of aliphatic hydroxyl groups excluding tert-OH is 2. The lowest BCUT2D eigenvalue weighted by atomic mass is 9.45. The van der Waals surface area contributed by atoms with Gasteiger partial charge in [-0.15, -0.1) is 0 Å². The predicted molar refractivity (Wildman–Crippen MR) is 106 cm³/mol. The predicted octanol–water partition coefficient (Wildman–Crippen LogP) is 4.22. The smallest absolute Gasteiger partial charge is 0.162 e. The van der Waals surface area contributed by atoms with Gasteiger partial charge in [0.15, 0.2) is 5.78 Å². The van der Waals surface area contributed by atoms with Gasteiger partial charge in [0.25, 0.3) is 0 Å². The highest BCUT2D eigenvalue weighted by Crippen LogP contribution is 2.62. The molecule has 0 bridgehead atoms. The van der Waals surface area contributed by atoms with Gasteiger partial charge in [0.2, 0.25) is 0 Å². The zero-order chi connectivity index (χ0) is 19.5. The molecule has 0 saturated heterocycles. The zero-order valence-corrected chi connectivity index (χ0v) is 16.7. The van der Waals surface area contributed by atoms with Gasteiger partial charge in [-0.2, -0.15) is 0 Å². The molecule has 0 spiro atoms. The summed E-state index contributed by atoms with van der Waals surface area (Å²) in [6.07, 6.45) is 10.4. The third-order valence-corrected chi connectivity index (χ3v) is 8.81. The molecule has 2 N–H and O–H groups in total. The van der Waals surface area contributed by atoms with Crippen LogP contribution in [0.4, 0.5) is 0 Å². The van der Waals surface area contributed by atoms with Gasteiger partial charge in [-0.25, -0.2) is 0 Å². The fourth-order valence-electron chi connectivity index (χ4n) is 7.52. The molecule has 4 fully saturated rings. The molecule has 1 aromatic rings. The van der Waals surface area contributed by atoms with Crippen molar-refractivity contribution < 1.29 is 19.4 Å². The largest absolute Gasteiger partial charge is 0.465 e. The van der Waals surface area contributed by atoms with Gasteiger partial charge >= 0.3 is 0 Å². The molecule has 4 aliphatic carbocycles. The minimum atomic E-state index is -0.402. The Balaban J connectivity index is 1.41. The van der Waals surface area contributed by atoms with E-state index >= 15 is 0 Å². The molecule has 4 saturated carbocycles. The maximum atomic E-state index is 13.3. The number of allylic oxidation sites excluding steroid dienone is 1. The Hall–Kier alpha value is -1.39. The summed E-state index contributed by atoms with van der Waals surface area (Å²) in [7, 11) is 0. The fraction of sp³-hybridized carbons (Fsp3) is 0.708. The van der Waals surface area contributed by atoms with E-state index in [1.807, 2.05) is 18.2 Å². The van der Waals surface area contributed by atoms with Gasteiger partial charge in [0.1, 0.15) is 5.76 Å². The second kappa shape index (κ2) is 6.84. The first kappa shape index (κ1) is 18.6. The second-order valence-electron chi connectivity index (χ2n) is 10.1. The minimum Gasteiger partial charge on any atom is -0.465 e. The summed E-state index contributed by atoms with van der Waals surface area (Å²) in [5, 5.41) is 21.4. The van der Waals surface area contributed by atoms with Crippen LogP contribution in [0, 0.1) is 35.0 Å². The molecular weight excluding hydrogens is 352 g/mol. The van der Waals surface area contributed by atoms with Crippen LogP contribution < -0.4 is 0 Å². The third kappa shape index (κ3) is 2.83. The molecular formula is C24H32O4. The summed E-state index contributed by atoms with van der Waals surface area (Å²) < 4.78 is 5.41. The Morgan fingerprint density at radius 3 is 2.79 bits per heavy atom. The van der Waals surface area contributed by atoms with E-state index in [0.29, 0.717) is 24.2 Å². The number of furan rings is 1. The highest BCUT2D eigenvalue weighted by molar-refractivity contribution is 6.01. The van der Waals surface area contributed by atoms with E-state index in [1.54, 1.807) is 6.26 Å². The Bertz CT molecular complexity index is 766. The van der Waals surface area contributed by atoms with Crippen molar-refractivity contribution in [1.82, 2.24) is 0 Å².